The standard InChI is InChI=1S/C24H30N2O7/c1-23(2,3)32-19-11-7-16(8-12-19)15-20(21(27)33-24(4,5)6)25-22(28)31-18-13-9-17(10-14-18)26(29)30/h7-14,20H,15H2,1-6H3,(H,25,28)/t20-/m1/s1. The van der Waals surface area contributed by atoms with E-state index in [1.807, 2.05) is 32.9 Å². The van der Waals surface area contributed by atoms with Crippen LogP contribution >= 0.6 is 0 Å². The summed E-state index contributed by atoms with van der Waals surface area (Å²) < 4.78 is 16.4. The van der Waals surface area contributed by atoms with Crippen LogP contribution in [0.1, 0.15) is 47.1 Å². The minimum atomic E-state index is -1.01. The minimum Gasteiger partial charge on any atom is -0.488 e. The highest BCUT2D eigenvalue weighted by Gasteiger charge is 2.28. The summed E-state index contributed by atoms with van der Waals surface area (Å²) in [4.78, 5) is 35.4. The Labute approximate surface area is 193 Å². The number of ether oxygens (including phenoxy) is 3. The molecule has 9 heteroatoms. The van der Waals surface area contributed by atoms with Crippen molar-refractivity contribution in [3.8, 4) is 11.5 Å². The van der Waals surface area contributed by atoms with Crippen LogP contribution < -0.4 is 14.8 Å². The highest BCUT2D eigenvalue weighted by atomic mass is 16.6. The van der Waals surface area contributed by atoms with Crippen molar-refractivity contribution in [2.24, 2.45) is 0 Å². The normalized spacial score (nSPS) is 12.4. The van der Waals surface area contributed by atoms with Gasteiger partial charge in [-0.3, -0.25) is 10.1 Å². The third-order valence-electron chi connectivity index (χ3n) is 4.03. The lowest BCUT2D eigenvalue weighted by atomic mass is 10.1. The van der Waals surface area contributed by atoms with E-state index < -0.39 is 28.6 Å². The number of nitrogens with one attached hydrogen (secondary N) is 1. The lowest BCUT2D eigenvalue weighted by molar-refractivity contribution is -0.384. The first-order valence-corrected chi connectivity index (χ1v) is 10.5. The van der Waals surface area contributed by atoms with E-state index >= 15 is 0 Å². The number of nitro groups is 1. The third kappa shape index (κ3) is 9.18. The zero-order chi connectivity index (χ0) is 24.8. The molecule has 1 N–H and O–H groups in total. The molecular formula is C24H30N2O7. The van der Waals surface area contributed by atoms with Gasteiger partial charge in [-0.1, -0.05) is 12.1 Å². The average molecular weight is 459 g/mol. The number of rotatable bonds is 7. The molecule has 1 amide bonds. The van der Waals surface area contributed by atoms with Gasteiger partial charge in [-0.05, 0) is 71.4 Å². The van der Waals surface area contributed by atoms with Crippen molar-refractivity contribution in [3.05, 3.63) is 64.2 Å². The van der Waals surface area contributed by atoms with Crippen LogP contribution in [0.15, 0.2) is 48.5 Å². The molecule has 0 aliphatic heterocycles. The number of nitro benzene ring substituents is 1. The van der Waals surface area contributed by atoms with Crippen LogP contribution in [0.4, 0.5) is 10.5 Å². The van der Waals surface area contributed by atoms with Gasteiger partial charge >= 0.3 is 12.1 Å². The first kappa shape index (κ1) is 25.6. The molecule has 0 heterocycles. The number of esters is 1. The van der Waals surface area contributed by atoms with Gasteiger partial charge in [-0.25, -0.2) is 9.59 Å². The maximum absolute atomic E-state index is 12.7. The van der Waals surface area contributed by atoms with Crippen LogP contribution in [-0.4, -0.2) is 34.2 Å². The SMILES string of the molecule is CC(C)(C)OC(=O)[C@@H](Cc1ccc(OC(C)(C)C)cc1)NC(=O)Oc1ccc([N+](=O)[O-])cc1. The molecule has 0 fully saturated rings. The monoisotopic (exact) mass is 458 g/mol. The molecule has 0 bridgehead atoms. The van der Waals surface area contributed by atoms with Crippen LogP contribution in [0, 0.1) is 10.1 Å². The van der Waals surface area contributed by atoms with Crippen LogP contribution in [0.2, 0.25) is 0 Å². The summed E-state index contributed by atoms with van der Waals surface area (Å²) in [5.41, 5.74) is -0.441. The van der Waals surface area contributed by atoms with Gasteiger partial charge < -0.3 is 19.5 Å². The highest BCUT2D eigenvalue weighted by Crippen LogP contribution is 2.20. The minimum absolute atomic E-state index is 0.102. The maximum atomic E-state index is 12.7. The molecule has 178 valence electrons. The Balaban J connectivity index is 2.12. The molecule has 2 rings (SSSR count). The molecule has 2 aromatic carbocycles. The van der Waals surface area contributed by atoms with E-state index in [9.17, 15) is 19.7 Å². The van der Waals surface area contributed by atoms with Gasteiger partial charge in [0.25, 0.3) is 5.69 Å². The smallest absolute Gasteiger partial charge is 0.413 e. The summed E-state index contributed by atoms with van der Waals surface area (Å²) >= 11 is 0. The van der Waals surface area contributed by atoms with Crippen molar-refractivity contribution in [1.82, 2.24) is 5.32 Å². The van der Waals surface area contributed by atoms with Crippen molar-refractivity contribution in [2.45, 2.75) is 65.2 Å². The van der Waals surface area contributed by atoms with Crippen LogP contribution in [0.5, 0.6) is 11.5 Å². The second-order valence-corrected chi connectivity index (χ2v) is 9.43. The van der Waals surface area contributed by atoms with E-state index in [0.29, 0.717) is 5.75 Å². The van der Waals surface area contributed by atoms with Crippen molar-refractivity contribution in [1.29, 1.82) is 0 Å². The Morgan fingerprint density at radius 1 is 0.909 bits per heavy atom. The predicted octanol–water partition coefficient (Wildman–Crippen LogP) is 4.81. The molecule has 2 aromatic rings. The van der Waals surface area contributed by atoms with Gasteiger partial charge in [-0.15, -0.1) is 0 Å². The summed E-state index contributed by atoms with van der Waals surface area (Å²) in [6.45, 7) is 11.0. The average Bonchev–Trinajstić information content (AvgIpc) is 2.67. The van der Waals surface area contributed by atoms with E-state index in [1.165, 1.54) is 24.3 Å². The fourth-order valence-corrected chi connectivity index (χ4v) is 2.76. The van der Waals surface area contributed by atoms with E-state index in [2.05, 4.69) is 5.32 Å². The van der Waals surface area contributed by atoms with Gasteiger partial charge in [0.05, 0.1) is 4.92 Å². The fraction of sp³-hybridized carbons (Fsp3) is 0.417. The number of nitrogens with zero attached hydrogens (tertiary/aromatic N) is 1. The predicted molar refractivity (Wildman–Crippen MR) is 122 cm³/mol. The van der Waals surface area contributed by atoms with Gasteiger partial charge in [0.2, 0.25) is 0 Å². The number of hydrogen-bond acceptors (Lipinski definition) is 7. The quantitative estimate of drug-likeness (QED) is 0.359. The van der Waals surface area contributed by atoms with Crippen LogP contribution in [-0.2, 0) is 16.0 Å². The third-order valence-corrected chi connectivity index (χ3v) is 4.03. The van der Waals surface area contributed by atoms with E-state index in [4.69, 9.17) is 14.2 Å². The van der Waals surface area contributed by atoms with Crippen molar-refractivity contribution in [2.75, 3.05) is 0 Å². The molecular weight excluding hydrogens is 428 g/mol. The second-order valence-electron chi connectivity index (χ2n) is 9.43. The van der Waals surface area contributed by atoms with Crippen molar-refractivity contribution >= 4 is 17.7 Å². The first-order chi connectivity index (χ1) is 15.2. The van der Waals surface area contributed by atoms with Crippen LogP contribution in [0.25, 0.3) is 0 Å². The molecule has 0 aliphatic carbocycles. The second kappa shape index (κ2) is 10.3. The van der Waals surface area contributed by atoms with Gasteiger partial charge in [0.15, 0.2) is 0 Å². The Morgan fingerprint density at radius 2 is 1.45 bits per heavy atom. The lowest BCUT2D eigenvalue weighted by Crippen LogP contribution is -2.46. The molecule has 0 saturated heterocycles. The van der Waals surface area contributed by atoms with Gasteiger partial charge in [0.1, 0.15) is 28.7 Å². The molecule has 0 aromatic heterocycles. The topological polar surface area (TPSA) is 117 Å². The summed E-state index contributed by atoms with van der Waals surface area (Å²) in [5.74, 6) is 0.175. The summed E-state index contributed by atoms with van der Waals surface area (Å²) in [6, 6.07) is 11.2. The number of amides is 1. The van der Waals surface area contributed by atoms with E-state index in [0.717, 1.165) is 5.56 Å². The largest absolute Gasteiger partial charge is 0.488 e. The molecule has 0 unspecified atom stereocenters. The molecule has 0 saturated carbocycles. The maximum Gasteiger partial charge on any atom is 0.413 e. The Kier molecular flexibility index (Phi) is 8.03. The Hall–Kier alpha value is -3.62. The lowest BCUT2D eigenvalue weighted by Gasteiger charge is -2.25. The summed E-state index contributed by atoms with van der Waals surface area (Å²) in [5, 5.41) is 13.3. The van der Waals surface area contributed by atoms with Crippen molar-refractivity contribution < 1.29 is 28.7 Å². The molecule has 0 spiro atoms. The molecule has 0 aliphatic rings. The van der Waals surface area contributed by atoms with E-state index in [-0.39, 0.29) is 23.5 Å². The number of carbonyl (C=O) groups excluding carboxylic acids is 2. The van der Waals surface area contributed by atoms with E-state index in [1.54, 1.807) is 32.9 Å². The summed E-state index contributed by atoms with van der Waals surface area (Å²) in [6.07, 6.45) is -0.715. The van der Waals surface area contributed by atoms with Gasteiger partial charge in [-0.2, -0.15) is 0 Å². The number of carbonyl (C=O) groups is 2. The zero-order valence-electron chi connectivity index (χ0n) is 19.7. The highest BCUT2D eigenvalue weighted by molar-refractivity contribution is 5.82. The Bertz CT molecular complexity index is 972. The molecule has 9 nitrogen and oxygen atoms in total. The molecule has 0 radical (unpaired) electrons. The van der Waals surface area contributed by atoms with Crippen LogP contribution in [0.3, 0.4) is 0 Å². The number of benzene rings is 2. The number of non-ortho nitro benzene ring substituents is 1. The Morgan fingerprint density at radius 3 is 1.94 bits per heavy atom. The summed E-state index contributed by atoms with van der Waals surface area (Å²) in [7, 11) is 0. The fourth-order valence-electron chi connectivity index (χ4n) is 2.76. The van der Waals surface area contributed by atoms with Gasteiger partial charge in [0, 0.05) is 18.6 Å². The molecule has 33 heavy (non-hydrogen) atoms. The van der Waals surface area contributed by atoms with Crippen molar-refractivity contribution in [3.63, 3.8) is 0 Å². The number of hydrogen-bond donors (Lipinski definition) is 1. The molecule has 1 atom stereocenters. The first-order valence-electron chi connectivity index (χ1n) is 10.5. The zero-order valence-corrected chi connectivity index (χ0v) is 19.7.